The molecule has 2 saturated carbocycles. The van der Waals surface area contributed by atoms with Crippen molar-refractivity contribution >= 4 is 17.7 Å². The predicted molar refractivity (Wildman–Crippen MR) is 140 cm³/mol. The normalized spacial score (nSPS) is 40.5. The van der Waals surface area contributed by atoms with E-state index in [0.29, 0.717) is 17.6 Å². The fourth-order valence-electron chi connectivity index (χ4n) is 7.75. The number of aliphatic hydroxyl groups excluding tert-OH is 2. The molecule has 38 heavy (non-hydrogen) atoms. The molecular formula is C30H42O8. The molecule has 0 saturated heterocycles. The van der Waals surface area contributed by atoms with Crippen LogP contribution in [-0.4, -0.2) is 63.1 Å². The Kier molecular flexibility index (Phi) is 6.90. The maximum atomic E-state index is 14.6. The quantitative estimate of drug-likeness (QED) is 0.271. The van der Waals surface area contributed by atoms with Crippen LogP contribution in [0, 0.1) is 28.6 Å². The third kappa shape index (κ3) is 3.49. The number of carbonyl (C=O) groups excluding carboxylic acids is 3. The number of carbonyl (C=O) groups is 3. The summed E-state index contributed by atoms with van der Waals surface area (Å²) < 4.78 is 12.0. The molecular weight excluding hydrogens is 488 g/mol. The zero-order chi connectivity index (χ0) is 28.6. The van der Waals surface area contributed by atoms with Crippen LogP contribution in [0.2, 0.25) is 0 Å². The second-order valence-corrected chi connectivity index (χ2v) is 12.6. The van der Waals surface area contributed by atoms with E-state index in [1.54, 1.807) is 39.8 Å². The lowest BCUT2D eigenvalue weighted by atomic mass is 9.59. The van der Waals surface area contributed by atoms with Gasteiger partial charge >= 0.3 is 11.9 Å². The molecule has 0 heterocycles. The molecule has 8 nitrogen and oxygen atoms in total. The van der Waals surface area contributed by atoms with E-state index in [1.807, 2.05) is 27.7 Å². The molecule has 0 amide bonds. The van der Waals surface area contributed by atoms with Crippen LogP contribution in [0.3, 0.4) is 0 Å². The fourth-order valence-corrected chi connectivity index (χ4v) is 7.75. The van der Waals surface area contributed by atoms with Gasteiger partial charge in [0.2, 0.25) is 0 Å². The molecule has 4 unspecified atom stereocenters. The van der Waals surface area contributed by atoms with Crippen molar-refractivity contribution in [3.63, 3.8) is 0 Å². The topological polar surface area (TPSA) is 130 Å². The maximum Gasteiger partial charge on any atom is 0.334 e. The van der Waals surface area contributed by atoms with Crippen molar-refractivity contribution in [3.8, 4) is 0 Å². The number of hydrogen-bond acceptors (Lipinski definition) is 8. The summed E-state index contributed by atoms with van der Waals surface area (Å²) in [6.07, 6.45) is 1.39. The van der Waals surface area contributed by atoms with Crippen molar-refractivity contribution in [1.82, 2.24) is 0 Å². The van der Waals surface area contributed by atoms with Gasteiger partial charge in [-0.2, -0.15) is 0 Å². The van der Waals surface area contributed by atoms with Gasteiger partial charge in [0.15, 0.2) is 17.5 Å². The molecule has 0 aromatic rings. The van der Waals surface area contributed by atoms with E-state index >= 15 is 0 Å². The molecule has 4 aliphatic carbocycles. The highest BCUT2D eigenvalue weighted by Gasteiger charge is 2.83. The first kappa shape index (κ1) is 28.7. The second-order valence-electron chi connectivity index (χ2n) is 12.6. The van der Waals surface area contributed by atoms with Gasteiger partial charge in [0.1, 0.15) is 11.7 Å². The van der Waals surface area contributed by atoms with Crippen LogP contribution in [-0.2, 0) is 23.9 Å². The lowest BCUT2D eigenvalue weighted by Crippen LogP contribution is -2.66. The maximum absolute atomic E-state index is 14.6. The van der Waals surface area contributed by atoms with Crippen molar-refractivity contribution in [2.24, 2.45) is 28.6 Å². The Labute approximate surface area is 224 Å². The minimum atomic E-state index is -2.26. The molecule has 2 bridgehead atoms. The lowest BCUT2D eigenvalue weighted by Gasteiger charge is -2.49. The molecule has 4 rings (SSSR count). The monoisotopic (exact) mass is 530 g/mol. The van der Waals surface area contributed by atoms with Gasteiger partial charge in [0.05, 0.1) is 12.0 Å². The predicted octanol–water partition coefficient (Wildman–Crippen LogP) is 3.19. The molecule has 2 fully saturated rings. The van der Waals surface area contributed by atoms with E-state index in [1.165, 1.54) is 0 Å². The van der Waals surface area contributed by atoms with Gasteiger partial charge in [0.25, 0.3) is 0 Å². The number of ketones is 1. The summed E-state index contributed by atoms with van der Waals surface area (Å²) in [5.41, 5.74) is -3.74. The highest BCUT2D eigenvalue weighted by Crippen LogP contribution is 2.75. The fraction of sp³-hybridized carbons (Fsp3) is 0.700. The Hall–Kier alpha value is -2.29. The Morgan fingerprint density at radius 3 is 2.37 bits per heavy atom. The van der Waals surface area contributed by atoms with Gasteiger partial charge in [-0.25, -0.2) is 4.79 Å². The van der Waals surface area contributed by atoms with Crippen molar-refractivity contribution in [2.75, 3.05) is 6.61 Å². The SMILES string of the molecule is CCCC(=O)O[C@@]12CC(C)C34C=C(C)[C@H](OC(=O)C(C)=C(C)C)[C@@]3(O)[C@H](O)C(CO)=CC(C4=O)C1C2(C)C. The molecule has 0 aromatic heterocycles. The average molecular weight is 531 g/mol. The van der Waals surface area contributed by atoms with Gasteiger partial charge in [-0.15, -0.1) is 0 Å². The van der Waals surface area contributed by atoms with Gasteiger partial charge in [-0.05, 0) is 57.6 Å². The molecule has 1 spiro atoms. The number of Topliss-reactive ketones (excluding diaryl/α,β-unsaturated/α-hetero) is 1. The van der Waals surface area contributed by atoms with Crippen molar-refractivity contribution in [1.29, 1.82) is 0 Å². The molecule has 0 radical (unpaired) electrons. The number of ether oxygens (including phenoxy) is 2. The first-order chi connectivity index (χ1) is 17.6. The van der Waals surface area contributed by atoms with Crippen LogP contribution >= 0.6 is 0 Å². The van der Waals surface area contributed by atoms with E-state index < -0.39 is 64.6 Å². The van der Waals surface area contributed by atoms with Crippen LogP contribution in [0.1, 0.15) is 74.7 Å². The standard InChI is InChI=1S/C30H42O8/c1-9-10-21(32)38-29-13-17(5)28-12-16(4)25(37-26(35)18(6)15(2)3)30(28,36)23(33)19(14-31)11-20(24(28)34)22(29)27(29,7)8/h11-12,17,20,22-23,25,31,33,36H,9-10,13-14H2,1-8H3/t17?,20?,22?,23-,25+,28?,29+,30+/m1/s1. The molecule has 8 heteroatoms. The van der Waals surface area contributed by atoms with E-state index in [2.05, 4.69) is 0 Å². The first-order valence-corrected chi connectivity index (χ1v) is 13.6. The summed E-state index contributed by atoms with van der Waals surface area (Å²) >= 11 is 0. The molecule has 8 atom stereocenters. The molecule has 0 aromatic carbocycles. The van der Waals surface area contributed by atoms with E-state index in [9.17, 15) is 29.7 Å². The number of allylic oxidation sites excluding steroid dienone is 2. The Morgan fingerprint density at radius 1 is 1.18 bits per heavy atom. The minimum absolute atomic E-state index is 0.0846. The minimum Gasteiger partial charge on any atom is -0.458 e. The summed E-state index contributed by atoms with van der Waals surface area (Å²) in [4.78, 5) is 40.4. The average Bonchev–Trinajstić information content (AvgIpc) is 3.23. The molecule has 0 aliphatic heterocycles. The number of aliphatic hydroxyl groups is 3. The number of hydrogen-bond donors (Lipinski definition) is 3. The van der Waals surface area contributed by atoms with E-state index in [-0.39, 0.29) is 30.2 Å². The second kappa shape index (κ2) is 9.14. The zero-order valence-corrected chi connectivity index (χ0v) is 23.8. The third-order valence-electron chi connectivity index (χ3n) is 10.1. The first-order valence-electron chi connectivity index (χ1n) is 13.6. The van der Waals surface area contributed by atoms with E-state index in [0.717, 1.165) is 5.57 Å². The summed E-state index contributed by atoms with van der Waals surface area (Å²) in [5.74, 6) is -3.13. The highest BCUT2D eigenvalue weighted by molar-refractivity contribution is 5.96. The molecule has 3 N–H and O–H groups in total. The summed E-state index contributed by atoms with van der Waals surface area (Å²) in [7, 11) is 0. The summed E-state index contributed by atoms with van der Waals surface area (Å²) in [6.45, 7) is 13.9. The van der Waals surface area contributed by atoms with Gasteiger partial charge in [-0.1, -0.05) is 45.4 Å². The lowest BCUT2D eigenvalue weighted by molar-refractivity contribution is -0.203. The Bertz CT molecular complexity index is 1160. The zero-order valence-electron chi connectivity index (χ0n) is 23.8. The van der Waals surface area contributed by atoms with Gasteiger partial charge in [0, 0.05) is 29.2 Å². The number of rotatable bonds is 6. The third-order valence-corrected chi connectivity index (χ3v) is 10.1. The van der Waals surface area contributed by atoms with Crippen LogP contribution in [0.4, 0.5) is 0 Å². The van der Waals surface area contributed by atoms with E-state index in [4.69, 9.17) is 9.47 Å². The molecule has 210 valence electrons. The van der Waals surface area contributed by atoms with Crippen LogP contribution < -0.4 is 0 Å². The number of fused-ring (bicyclic) bond motifs is 3. The van der Waals surface area contributed by atoms with Gasteiger partial charge < -0.3 is 24.8 Å². The van der Waals surface area contributed by atoms with Crippen molar-refractivity contribution in [3.05, 3.63) is 34.4 Å². The van der Waals surface area contributed by atoms with Crippen LogP contribution in [0.5, 0.6) is 0 Å². The summed E-state index contributed by atoms with van der Waals surface area (Å²) in [5, 5.41) is 34.5. The van der Waals surface area contributed by atoms with Gasteiger partial charge in [-0.3, -0.25) is 9.59 Å². The largest absolute Gasteiger partial charge is 0.458 e. The Morgan fingerprint density at radius 2 is 1.82 bits per heavy atom. The van der Waals surface area contributed by atoms with Crippen molar-refractivity contribution < 1.29 is 39.2 Å². The number of esters is 2. The summed E-state index contributed by atoms with van der Waals surface area (Å²) in [6, 6.07) is 0. The Balaban J connectivity index is 1.91. The molecule has 4 aliphatic rings. The van der Waals surface area contributed by atoms with Crippen molar-refractivity contribution in [2.45, 2.75) is 98.1 Å². The van der Waals surface area contributed by atoms with Crippen LogP contribution in [0.15, 0.2) is 34.4 Å². The van der Waals surface area contributed by atoms with Crippen LogP contribution in [0.25, 0.3) is 0 Å². The smallest absolute Gasteiger partial charge is 0.334 e. The highest BCUT2D eigenvalue weighted by atomic mass is 16.6.